The van der Waals surface area contributed by atoms with Crippen molar-refractivity contribution in [3.8, 4) is 0 Å². The fourth-order valence-corrected chi connectivity index (χ4v) is 3.80. The first-order valence-electron chi connectivity index (χ1n) is 7.17. The van der Waals surface area contributed by atoms with Gasteiger partial charge in [0, 0.05) is 28.5 Å². The summed E-state index contributed by atoms with van der Waals surface area (Å²) in [6, 6.07) is 6.18. The Hall–Kier alpha value is -0.520. The minimum absolute atomic E-state index is 0.120. The van der Waals surface area contributed by atoms with E-state index in [1.165, 1.54) is 25.9 Å². The molecule has 0 radical (unpaired) electrons. The van der Waals surface area contributed by atoms with Gasteiger partial charge in [-0.3, -0.25) is 9.69 Å². The van der Waals surface area contributed by atoms with Crippen molar-refractivity contribution in [1.82, 2.24) is 9.80 Å². The zero-order chi connectivity index (χ0) is 14.1. The number of hydrogen-bond acceptors (Lipinski definition) is 3. The van der Waals surface area contributed by atoms with Gasteiger partial charge in [0.05, 0.1) is 5.56 Å². The summed E-state index contributed by atoms with van der Waals surface area (Å²) in [5.74, 6) is 0.120. The van der Waals surface area contributed by atoms with Crippen LogP contribution in [0.2, 0.25) is 0 Å². The lowest BCUT2D eigenvalue weighted by Crippen LogP contribution is -2.37. The van der Waals surface area contributed by atoms with Gasteiger partial charge >= 0.3 is 0 Å². The second-order valence-electron chi connectivity index (χ2n) is 5.60. The van der Waals surface area contributed by atoms with Gasteiger partial charge in [-0.15, -0.1) is 12.6 Å². The molecule has 0 bridgehead atoms. The number of hydrogen-bond donors (Lipinski definition) is 1. The number of rotatable bonds is 2. The first kappa shape index (κ1) is 14.4. The highest BCUT2D eigenvalue weighted by molar-refractivity contribution is 9.10. The van der Waals surface area contributed by atoms with Gasteiger partial charge in [-0.2, -0.15) is 0 Å². The maximum Gasteiger partial charge on any atom is 0.255 e. The molecule has 0 N–H and O–H groups in total. The van der Waals surface area contributed by atoms with Crippen LogP contribution in [0.15, 0.2) is 27.6 Å². The Kier molecular flexibility index (Phi) is 4.38. The zero-order valence-corrected chi connectivity index (χ0v) is 13.9. The van der Waals surface area contributed by atoms with Gasteiger partial charge in [0.2, 0.25) is 0 Å². The molecule has 5 heteroatoms. The molecule has 3 rings (SSSR count). The third kappa shape index (κ3) is 2.90. The molecule has 1 aromatic rings. The third-order valence-electron chi connectivity index (χ3n) is 4.29. The maximum atomic E-state index is 12.6. The molecule has 0 saturated carbocycles. The van der Waals surface area contributed by atoms with Crippen molar-refractivity contribution < 1.29 is 4.79 Å². The lowest BCUT2D eigenvalue weighted by atomic mass is 10.2. The fraction of sp³-hybridized carbons (Fsp3) is 0.533. The molecule has 108 valence electrons. The van der Waals surface area contributed by atoms with Crippen LogP contribution >= 0.6 is 28.6 Å². The molecule has 2 aliphatic heterocycles. The van der Waals surface area contributed by atoms with Crippen molar-refractivity contribution in [3.63, 3.8) is 0 Å². The predicted octanol–water partition coefficient (Wildman–Crippen LogP) is 3.05. The first-order valence-corrected chi connectivity index (χ1v) is 8.41. The Morgan fingerprint density at radius 1 is 1.25 bits per heavy atom. The van der Waals surface area contributed by atoms with E-state index in [2.05, 4.69) is 33.5 Å². The molecule has 2 aliphatic rings. The summed E-state index contributed by atoms with van der Waals surface area (Å²) in [5, 5.41) is 0. The Morgan fingerprint density at radius 3 is 2.75 bits per heavy atom. The largest absolute Gasteiger partial charge is 0.337 e. The van der Waals surface area contributed by atoms with Crippen LogP contribution in [0.3, 0.4) is 0 Å². The second kappa shape index (κ2) is 6.08. The topological polar surface area (TPSA) is 23.6 Å². The van der Waals surface area contributed by atoms with E-state index in [9.17, 15) is 4.79 Å². The molecule has 1 unspecified atom stereocenters. The molecule has 1 atom stereocenters. The number of carbonyl (C=O) groups excluding carboxylic acids is 1. The van der Waals surface area contributed by atoms with E-state index >= 15 is 0 Å². The van der Waals surface area contributed by atoms with Crippen LogP contribution < -0.4 is 0 Å². The summed E-state index contributed by atoms with van der Waals surface area (Å²) in [5.41, 5.74) is 0.722. The molecule has 0 aromatic heterocycles. The van der Waals surface area contributed by atoms with E-state index in [0.717, 1.165) is 34.4 Å². The minimum atomic E-state index is 0.120. The van der Waals surface area contributed by atoms with Gasteiger partial charge in [-0.25, -0.2) is 0 Å². The van der Waals surface area contributed by atoms with Gasteiger partial charge in [-0.05, 0) is 66.5 Å². The lowest BCUT2D eigenvalue weighted by Gasteiger charge is -2.23. The SMILES string of the molecule is O=C(c1cc(S)ccc1Br)N1CCC(N2CCCC2)C1. The van der Waals surface area contributed by atoms with Crippen LogP contribution in [0.5, 0.6) is 0 Å². The highest BCUT2D eigenvalue weighted by Crippen LogP contribution is 2.25. The number of halogens is 1. The second-order valence-corrected chi connectivity index (χ2v) is 6.97. The lowest BCUT2D eigenvalue weighted by molar-refractivity contribution is 0.0779. The molecule has 0 spiro atoms. The number of carbonyl (C=O) groups is 1. The van der Waals surface area contributed by atoms with Crippen LogP contribution in [0.25, 0.3) is 0 Å². The highest BCUT2D eigenvalue weighted by atomic mass is 79.9. The summed E-state index contributed by atoms with van der Waals surface area (Å²) >= 11 is 7.80. The number of thiol groups is 1. The summed E-state index contributed by atoms with van der Waals surface area (Å²) in [6.45, 7) is 4.12. The van der Waals surface area contributed by atoms with Gasteiger partial charge in [0.1, 0.15) is 0 Å². The van der Waals surface area contributed by atoms with E-state index in [1.54, 1.807) is 0 Å². The molecular formula is C15H19BrN2OS. The minimum Gasteiger partial charge on any atom is -0.337 e. The van der Waals surface area contributed by atoms with Crippen molar-refractivity contribution in [2.45, 2.75) is 30.2 Å². The van der Waals surface area contributed by atoms with E-state index in [0.29, 0.717) is 6.04 Å². The summed E-state index contributed by atoms with van der Waals surface area (Å²) in [7, 11) is 0. The van der Waals surface area contributed by atoms with E-state index < -0.39 is 0 Å². The Labute approximate surface area is 133 Å². The quantitative estimate of drug-likeness (QED) is 0.825. The van der Waals surface area contributed by atoms with E-state index in [4.69, 9.17) is 0 Å². The summed E-state index contributed by atoms with van der Waals surface area (Å²) < 4.78 is 0.852. The molecule has 2 fully saturated rings. The fourth-order valence-electron chi connectivity index (χ4n) is 3.18. The number of likely N-dealkylation sites (tertiary alicyclic amines) is 2. The maximum absolute atomic E-state index is 12.6. The molecule has 20 heavy (non-hydrogen) atoms. The third-order valence-corrected chi connectivity index (χ3v) is 5.26. The van der Waals surface area contributed by atoms with Crippen molar-refractivity contribution in [2.75, 3.05) is 26.2 Å². The highest BCUT2D eigenvalue weighted by Gasteiger charge is 2.32. The molecule has 0 aliphatic carbocycles. The molecule has 2 heterocycles. The number of benzene rings is 1. The average Bonchev–Trinajstić information content (AvgIpc) is 3.10. The van der Waals surface area contributed by atoms with Crippen LogP contribution in [0.4, 0.5) is 0 Å². The van der Waals surface area contributed by atoms with E-state index in [1.807, 2.05) is 23.1 Å². The summed E-state index contributed by atoms with van der Waals surface area (Å²) in [6.07, 6.45) is 3.71. The Balaban J connectivity index is 1.70. The van der Waals surface area contributed by atoms with Crippen LogP contribution in [0, 0.1) is 0 Å². The van der Waals surface area contributed by atoms with Crippen LogP contribution in [0.1, 0.15) is 29.6 Å². The average molecular weight is 355 g/mol. The Morgan fingerprint density at radius 2 is 2.00 bits per heavy atom. The molecule has 3 nitrogen and oxygen atoms in total. The molecule has 2 saturated heterocycles. The monoisotopic (exact) mass is 354 g/mol. The molecule has 1 aromatic carbocycles. The standard InChI is InChI=1S/C15H19BrN2OS/c16-14-4-3-12(20)9-13(14)15(19)18-8-5-11(10-18)17-6-1-2-7-17/h3-4,9,11,20H,1-2,5-8,10H2. The van der Waals surface area contributed by atoms with Crippen LogP contribution in [-0.2, 0) is 0 Å². The molecular weight excluding hydrogens is 336 g/mol. The predicted molar refractivity (Wildman–Crippen MR) is 86.5 cm³/mol. The van der Waals surface area contributed by atoms with Gasteiger partial charge in [0.15, 0.2) is 0 Å². The van der Waals surface area contributed by atoms with Gasteiger partial charge < -0.3 is 4.90 Å². The van der Waals surface area contributed by atoms with Crippen molar-refractivity contribution in [2.24, 2.45) is 0 Å². The first-order chi connectivity index (χ1) is 9.65. The van der Waals surface area contributed by atoms with E-state index in [-0.39, 0.29) is 5.91 Å². The number of amides is 1. The number of nitrogens with zero attached hydrogens (tertiary/aromatic N) is 2. The smallest absolute Gasteiger partial charge is 0.255 e. The molecule has 1 amide bonds. The van der Waals surface area contributed by atoms with Crippen molar-refractivity contribution in [1.29, 1.82) is 0 Å². The zero-order valence-electron chi connectivity index (χ0n) is 11.4. The summed E-state index contributed by atoms with van der Waals surface area (Å²) in [4.78, 5) is 18.0. The Bertz CT molecular complexity index is 517. The van der Waals surface area contributed by atoms with Crippen molar-refractivity contribution >= 4 is 34.5 Å². The van der Waals surface area contributed by atoms with Crippen LogP contribution in [-0.4, -0.2) is 47.9 Å². The van der Waals surface area contributed by atoms with Crippen molar-refractivity contribution in [3.05, 3.63) is 28.2 Å². The van der Waals surface area contributed by atoms with Gasteiger partial charge in [0.25, 0.3) is 5.91 Å². The normalized spacial score (nSPS) is 23.5. The van der Waals surface area contributed by atoms with Gasteiger partial charge in [-0.1, -0.05) is 0 Å².